The van der Waals surface area contributed by atoms with Gasteiger partial charge in [0.1, 0.15) is 11.3 Å². The van der Waals surface area contributed by atoms with Crippen LogP contribution in [-0.4, -0.2) is 24.2 Å². The second-order valence-corrected chi connectivity index (χ2v) is 4.33. The molecule has 0 fully saturated rings. The van der Waals surface area contributed by atoms with Gasteiger partial charge in [-0.15, -0.1) is 0 Å². The first-order valence-corrected chi connectivity index (χ1v) is 6.14. The number of carbonyl (C=O) groups excluding carboxylic acids is 2. The normalized spacial score (nSPS) is 10.2. The number of hydrogen-bond donors (Lipinski definition) is 1. The number of benzene rings is 1. The molecule has 2 rings (SSSR count). The van der Waals surface area contributed by atoms with Crippen molar-refractivity contribution < 1.29 is 28.6 Å². The van der Waals surface area contributed by atoms with E-state index in [0.717, 1.165) is 0 Å². The van der Waals surface area contributed by atoms with Gasteiger partial charge in [-0.1, -0.05) is 6.07 Å². The number of hydrogen-bond acceptors (Lipinski definition) is 6. The van der Waals surface area contributed by atoms with E-state index >= 15 is 0 Å². The van der Waals surface area contributed by atoms with Crippen LogP contribution < -0.4 is 0 Å². The number of phenolic OH excluding ortho intramolecular Hbond substituents is 1. The van der Waals surface area contributed by atoms with Crippen LogP contribution in [-0.2, 0) is 16.1 Å². The Morgan fingerprint density at radius 1 is 1.24 bits per heavy atom. The zero-order valence-corrected chi connectivity index (χ0v) is 11.6. The quantitative estimate of drug-likeness (QED) is 0.870. The zero-order valence-electron chi connectivity index (χ0n) is 11.6. The molecule has 21 heavy (non-hydrogen) atoms. The fourth-order valence-corrected chi connectivity index (χ4v) is 1.70. The van der Waals surface area contributed by atoms with Crippen LogP contribution in [0.2, 0.25) is 0 Å². The van der Waals surface area contributed by atoms with E-state index in [1.165, 1.54) is 25.5 Å². The molecular weight excluding hydrogens is 276 g/mol. The first kappa shape index (κ1) is 14.6. The summed E-state index contributed by atoms with van der Waals surface area (Å²) in [5.74, 6) is -0.982. The molecule has 0 atom stereocenters. The summed E-state index contributed by atoms with van der Waals surface area (Å²) in [5, 5.41) is 9.56. The molecule has 110 valence electrons. The van der Waals surface area contributed by atoms with E-state index < -0.39 is 11.9 Å². The number of ether oxygens (including phenoxy) is 2. The summed E-state index contributed by atoms with van der Waals surface area (Å²) < 4.78 is 14.7. The Balaban J connectivity index is 2.06. The van der Waals surface area contributed by atoms with Gasteiger partial charge in [-0.25, -0.2) is 9.59 Å². The van der Waals surface area contributed by atoms with Crippen molar-refractivity contribution in [2.45, 2.75) is 13.5 Å². The number of esters is 2. The first-order valence-electron chi connectivity index (χ1n) is 6.14. The van der Waals surface area contributed by atoms with Crippen LogP contribution in [0.4, 0.5) is 0 Å². The highest BCUT2D eigenvalue weighted by Crippen LogP contribution is 2.19. The summed E-state index contributed by atoms with van der Waals surface area (Å²) >= 11 is 0. The molecule has 6 heteroatoms. The molecule has 0 bridgehead atoms. The van der Waals surface area contributed by atoms with Crippen molar-refractivity contribution in [3.8, 4) is 5.75 Å². The highest BCUT2D eigenvalue weighted by atomic mass is 16.5. The average Bonchev–Trinajstić information content (AvgIpc) is 2.95. The van der Waals surface area contributed by atoms with Crippen LogP contribution in [0.5, 0.6) is 5.75 Å². The second-order valence-electron chi connectivity index (χ2n) is 4.33. The van der Waals surface area contributed by atoms with E-state index in [1.807, 2.05) is 0 Å². The summed E-state index contributed by atoms with van der Waals surface area (Å²) in [6.07, 6.45) is 1.31. The minimum atomic E-state index is -0.627. The van der Waals surface area contributed by atoms with Crippen LogP contribution in [0.1, 0.15) is 32.0 Å². The van der Waals surface area contributed by atoms with Gasteiger partial charge < -0.3 is 19.0 Å². The van der Waals surface area contributed by atoms with Gasteiger partial charge >= 0.3 is 11.9 Å². The lowest BCUT2D eigenvalue weighted by Gasteiger charge is -2.06. The summed E-state index contributed by atoms with van der Waals surface area (Å²) in [4.78, 5) is 23.3. The molecule has 0 aliphatic heterocycles. The summed E-state index contributed by atoms with van der Waals surface area (Å²) in [7, 11) is 1.25. The number of phenols is 1. The fraction of sp³-hybridized carbons (Fsp3) is 0.200. The standard InChI is InChI=1S/C15H14O6/c1-9-3-4-10(7-12(9)16)14(17)21-8-13-11(5-6-20-13)15(18)19-2/h3-7,16H,8H2,1-2H3. The van der Waals surface area contributed by atoms with E-state index in [1.54, 1.807) is 19.1 Å². The van der Waals surface area contributed by atoms with E-state index in [2.05, 4.69) is 4.74 Å². The first-order chi connectivity index (χ1) is 10.0. The monoisotopic (exact) mass is 290 g/mol. The maximum Gasteiger partial charge on any atom is 0.341 e. The zero-order chi connectivity index (χ0) is 15.4. The van der Waals surface area contributed by atoms with Crippen LogP contribution in [0.15, 0.2) is 34.9 Å². The van der Waals surface area contributed by atoms with Gasteiger partial charge in [0.05, 0.1) is 18.9 Å². The lowest BCUT2D eigenvalue weighted by Crippen LogP contribution is -2.08. The van der Waals surface area contributed by atoms with Gasteiger partial charge in [-0.3, -0.25) is 0 Å². The van der Waals surface area contributed by atoms with Crippen molar-refractivity contribution in [3.63, 3.8) is 0 Å². The van der Waals surface area contributed by atoms with Crippen molar-refractivity contribution in [1.82, 2.24) is 0 Å². The van der Waals surface area contributed by atoms with E-state index in [-0.39, 0.29) is 29.2 Å². The molecule has 6 nitrogen and oxygen atoms in total. The van der Waals surface area contributed by atoms with Gasteiger partial charge in [-0.2, -0.15) is 0 Å². The SMILES string of the molecule is COC(=O)c1ccoc1COC(=O)c1ccc(C)c(O)c1. The minimum Gasteiger partial charge on any atom is -0.508 e. The third-order valence-electron chi connectivity index (χ3n) is 2.93. The molecule has 0 radical (unpaired) electrons. The van der Waals surface area contributed by atoms with Gasteiger partial charge in [-0.05, 0) is 30.7 Å². The Hall–Kier alpha value is -2.76. The van der Waals surface area contributed by atoms with Gasteiger partial charge in [0.15, 0.2) is 12.4 Å². The number of furan rings is 1. The second kappa shape index (κ2) is 6.13. The topological polar surface area (TPSA) is 86.0 Å². The average molecular weight is 290 g/mol. The number of methoxy groups -OCH3 is 1. The molecule has 0 saturated heterocycles. The molecule has 1 N–H and O–H groups in total. The lowest BCUT2D eigenvalue weighted by atomic mass is 10.1. The maximum absolute atomic E-state index is 11.9. The third kappa shape index (κ3) is 3.22. The fourth-order valence-electron chi connectivity index (χ4n) is 1.70. The van der Waals surface area contributed by atoms with Crippen LogP contribution in [0, 0.1) is 6.92 Å². The Morgan fingerprint density at radius 2 is 2.00 bits per heavy atom. The van der Waals surface area contributed by atoms with Crippen molar-refractivity contribution in [3.05, 3.63) is 53.0 Å². The molecule has 1 heterocycles. The minimum absolute atomic E-state index is 0.0118. The van der Waals surface area contributed by atoms with Gasteiger partial charge in [0.25, 0.3) is 0 Å². The van der Waals surface area contributed by atoms with Crippen molar-refractivity contribution in [1.29, 1.82) is 0 Å². The lowest BCUT2D eigenvalue weighted by molar-refractivity contribution is 0.0432. The Labute approximate surface area is 120 Å². The molecule has 0 amide bonds. The Morgan fingerprint density at radius 3 is 2.67 bits per heavy atom. The molecule has 0 aliphatic carbocycles. The van der Waals surface area contributed by atoms with Crippen LogP contribution >= 0.6 is 0 Å². The van der Waals surface area contributed by atoms with Gasteiger partial charge in [0.2, 0.25) is 0 Å². The molecule has 2 aromatic rings. The Kier molecular flexibility index (Phi) is 4.27. The molecule has 0 aliphatic rings. The molecule has 0 saturated carbocycles. The number of aryl methyl sites for hydroxylation is 1. The van der Waals surface area contributed by atoms with Gasteiger partial charge in [0, 0.05) is 0 Å². The van der Waals surface area contributed by atoms with Crippen molar-refractivity contribution in [2.75, 3.05) is 7.11 Å². The predicted octanol–water partition coefficient (Wildman–Crippen LogP) is 2.44. The van der Waals surface area contributed by atoms with E-state index in [4.69, 9.17) is 9.15 Å². The third-order valence-corrected chi connectivity index (χ3v) is 2.93. The maximum atomic E-state index is 11.9. The molecule has 0 unspecified atom stereocenters. The highest BCUT2D eigenvalue weighted by Gasteiger charge is 2.17. The summed E-state index contributed by atoms with van der Waals surface area (Å²) in [6, 6.07) is 5.91. The van der Waals surface area contributed by atoms with E-state index in [0.29, 0.717) is 5.56 Å². The molecule has 1 aromatic carbocycles. The van der Waals surface area contributed by atoms with Crippen LogP contribution in [0.3, 0.4) is 0 Å². The molecular formula is C15H14O6. The smallest absolute Gasteiger partial charge is 0.341 e. The predicted molar refractivity (Wildman–Crippen MR) is 72.0 cm³/mol. The number of rotatable bonds is 4. The van der Waals surface area contributed by atoms with E-state index in [9.17, 15) is 14.7 Å². The van der Waals surface area contributed by atoms with Crippen molar-refractivity contribution in [2.24, 2.45) is 0 Å². The largest absolute Gasteiger partial charge is 0.508 e. The number of carbonyl (C=O) groups is 2. The summed E-state index contributed by atoms with van der Waals surface area (Å²) in [5.41, 5.74) is 1.08. The van der Waals surface area contributed by atoms with Crippen LogP contribution in [0.25, 0.3) is 0 Å². The molecule has 1 aromatic heterocycles. The highest BCUT2D eigenvalue weighted by molar-refractivity contribution is 5.91. The Bertz CT molecular complexity index is 671. The molecule has 0 spiro atoms. The summed E-state index contributed by atoms with van der Waals surface area (Å²) in [6.45, 7) is 1.51. The van der Waals surface area contributed by atoms with Crippen molar-refractivity contribution >= 4 is 11.9 Å². The number of aromatic hydroxyl groups is 1.